The van der Waals surface area contributed by atoms with Gasteiger partial charge in [-0.05, 0) is 57.3 Å². The van der Waals surface area contributed by atoms with Crippen LogP contribution >= 0.6 is 0 Å². The van der Waals surface area contributed by atoms with Crippen LogP contribution in [0.25, 0.3) is 0 Å². The summed E-state index contributed by atoms with van der Waals surface area (Å²) >= 11 is 0. The Hall–Kier alpha value is -0.123. The average Bonchev–Trinajstić information content (AvgIpc) is 2.57. The molecule has 2 atom stereocenters. The Labute approximate surface area is 126 Å². The first-order chi connectivity index (χ1) is 9.21. The first-order valence-electron chi connectivity index (χ1n) is 8.26. The van der Waals surface area contributed by atoms with Gasteiger partial charge >= 0.3 is 0 Å². The van der Waals surface area contributed by atoms with Gasteiger partial charge in [-0.1, -0.05) is 32.4 Å². The fraction of sp³-hybridized carbons (Fsp3) is 0.882. The summed E-state index contributed by atoms with van der Waals surface area (Å²) in [5.74, 6) is 0. The van der Waals surface area contributed by atoms with Gasteiger partial charge in [-0.15, -0.1) is 0 Å². The average molecular weight is 296 g/mol. The lowest BCUT2D eigenvalue weighted by Gasteiger charge is -2.36. The van der Waals surface area contributed by atoms with Crippen LogP contribution in [0.3, 0.4) is 0 Å². The summed E-state index contributed by atoms with van der Waals surface area (Å²) in [6.07, 6.45) is 9.03. The van der Waals surface area contributed by atoms with Gasteiger partial charge in [0.1, 0.15) is 0 Å². The maximum absolute atomic E-state index is 6.28. The van der Waals surface area contributed by atoms with Crippen LogP contribution in [0.4, 0.5) is 0 Å². The minimum absolute atomic E-state index is 0.332. The molecule has 1 saturated heterocycles. The van der Waals surface area contributed by atoms with Gasteiger partial charge in [0.2, 0.25) is 0 Å². The van der Waals surface area contributed by atoms with Crippen molar-refractivity contribution in [2.45, 2.75) is 83.1 Å². The molecule has 2 bridgehead atoms. The molecule has 116 valence electrons. The molecule has 0 aromatic rings. The topological polar surface area (TPSA) is 12.5 Å². The van der Waals surface area contributed by atoms with Gasteiger partial charge in [-0.3, -0.25) is 4.90 Å². The summed E-state index contributed by atoms with van der Waals surface area (Å²) in [6, 6.07) is 1.55. The monoisotopic (exact) mass is 295 g/mol. The standard InChI is InChI=1S/C17H33NOSi/c1-17(2,3)20(5,6)19-11-7-8-14-12-15-9-10-16(13-14)18(15)4/h12,15-16H,7-11,13H2,1-6H3. The summed E-state index contributed by atoms with van der Waals surface area (Å²) in [4.78, 5) is 2.57. The SMILES string of the molecule is CN1C2C=C(CCCO[Si](C)(C)C(C)(C)C)CC1CC2. The van der Waals surface area contributed by atoms with E-state index in [1.807, 2.05) is 0 Å². The smallest absolute Gasteiger partial charge is 0.191 e. The van der Waals surface area contributed by atoms with Gasteiger partial charge in [0.05, 0.1) is 0 Å². The number of hydrogen-bond donors (Lipinski definition) is 0. The Morgan fingerprint density at radius 1 is 1.30 bits per heavy atom. The Balaban J connectivity index is 1.74. The van der Waals surface area contributed by atoms with Crippen molar-refractivity contribution in [1.82, 2.24) is 4.90 Å². The highest BCUT2D eigenvalue weighted by molar-refractivity contribution is 6.74. The third-order valence-corrected chi connectivity index (χ3v) is 10.3. The molecular formula is C17H33NOSi. The fourth-order valence-electron chi connectivity index (χ4n) is 3.16. The van der Waals surface area contributed by atoms with E-state index >= 15 is 0 Å². The van der Waals surface area contributed by atoms with Gasteiger partial charge in [0.15, 0.2) is 8.32 Å². The quantitative estimate of drug-likeness (QED) is 0.418. The summed E-state index contributed by atoms with van der Waals surface area (Å²) in [5.41, 5.74) is 1.69. The molecule has 0 spiro atoms. The lowest BCUT2D eigenvalue weighted by Crippen LogP contribution is -2.41. The molecule has 2 unspecified atom stereocenters. The highest BCUT2D eigenvalue weighted by atomic mass is 28.4. The van der Waals surface area contributed by atoms with Crippen molar-refractivity contribution < 1.29 is 4.43 Å². The molecular weight excluding hydrogens is 262 g/mol. The molecule has 1 fully saturated rings. The Morgan fingerprint density at radius 3 is 2.60 bits per heavy atom. The lowest BCUT2D eigenvalue weighted by atomic mass is 9.98. The highest BCUT2D eigenvalue weighted by Crippen LogP contribution is 2.37. The van der Waals surface area contributed by atoms with Crippen molar-refractivity contribution >= 4 is 8.32 Å². The third kappa shape index (κ3) is 3.55. The second-order valence-electron chi connectivity index (χ2n) is 8.21. The first kappa shape index (κ1) is 16.3. The van der Waals surface area contributed by atoms with E-state index in [2.05, 4.69) is 51.9 Å². The van der Waals surface area contributed by atoms with Gasteiger partial charge < -0.3 is 4.43 Å². The molecule has 0 aromatic carbocycles. The van der Waals surface area contributed by atoms with Crippen molar-refractivity contribution in [2.75, 3.05) is 13.7 Å². The van der Waals surface area contributed by atoms with Gasteiger partial charge in [0, 0.05) is 18.7 Å². The van der Waals surface area contributed by atoms with Crippen molar-refractivity contribution in [2.24, 2.45) is 0 Å². The summed E-state index contributed by atoms with van der Waals surface area (Å²) in [5, 5.41) is 0.332. The zero-order valence-electron chi connectivity index (χ0n) is 14.3. The van der Waals surface area contributed by atoms with Gasteiger partial charge in [-0.25, -0.2) is 0 Å². The Bertz CT molecular complexity index is 370. The zero-order chi connectivity index (χ0) is 15.0. The van der Waals surface area contributed by atoms with Crippen LogP contribution in [-0.4, -0.2) is 39.0 Å². The van der Waals surface area contributed by atoms with Crippen molar-refractivity contribution in [3.05, 3.63) is 11.6 Å². The maximum Gasteiger partial charge on any atom is 0.191 e. The van der Waals surface area contributed by atoms with Crippen molar-refractivity contribution in [3.63, 3.8) is 0 Å². The van der Waals surface area contributed by atoms with E-state index in [-0.39, 0.29) is 0 Å². The Morgan fingerprint density at radius 2 is 2.00 bits per heavy atom. The molecule has 3 heteroatoms. The van der Waals surface area contributed by atoms with Crippen LogP contribution in [0.15, 0.2) is 11.6 Å². The molecule has 0 amide bonds. The minimum Gasteiger partial charge on any atom is -0.417 e. The number of nitrogens with zero attached hydrogens (tertiary/aromatic N) is 1. The predicted octanol–water partition coefficient (Wildman–Crippen LogP) is 4.58. The van der Waals surface area contributed by atoms with E-state index in [0.29, 0.717) is 5.04 Å². The molecule has 0 aromatic heterocycles. The largest absolute Gasteiger partial charge is 0.417 e. The zero-order valence-corrected chi connectivity index (χ0v) is 15.3. The number of fused-ring (bicyclic) bond motifs is 2. The molecule has 2 aliphatic heterocycles. The molecule has 2 aliphatic rings. The third-order valence-electron chi connectivity index (χ3n) is 5.73. The molecule has 0 aliphatic carbocycles. The number of likely N-dealkylation sites (N-methyl/N-ethyl adjacent to an activating group) is 1. The van der Waals surface area contributed by atoms with Crippen LogP contribution in [0.1, 0.15) is 52.9 Å². The molecule has 0 N–H and O–H groups in total. The van der Waals surface area contributed by atoms with Crippen LogP contribution < -0.4 is 0 Å². The number of rotatable bonds is 5. The number of hydrogen-bond acceptors (Lipinski definition) is 2. The normalized spacial score (nSPS) is 27.8. The highest BCUT2D eigenvalue weighted by Gasteiger charge is 2.37. The van der Waals surface area contributed by atoms with E-state index < -0.39 is 8.32 Å². The van der Waals surface area contributed by atoms with Crippen molar-refractivity contribution in [3.8, 4) is 0 Å². The second kappa shape index (κ2) is 5.94. The van der Waals surface area contributed by atoms with Crippen molar-refractivity contribution in [1.29, 1.82) is 0 Å². The fourth-order valence-corrected chi connectivity index (χ4v) is 4.25. The molecule has 2 nitrogen and oxygen atoms in total. The minimum atomic E-state index is -1.54. The molecule has 0 saturated carbocycles. The summed E-state index contributed by atoms with van der Waals surface area (Å²) in [7, 11) is 0.743. The van der Waals surface area contributed by atoms with E-state index in [4.69, 9.17) is 4.43 Å². The maximum atomic E-state index is 6.28. The van der Waals surface area contributed by atoms with Gasteiger partial charge in [-0.2, -0.15) is 0 Å². The van der Waals surface area contributed by atoms with Crippen LogP contribution in [0.5, 0.6) is 0 Å². The second-order valence-corrected chi connectivity index (χ2v) is 13.0. The summed E-state index contributed by atoms with van der Waals surface area (Å²) < 4.78 is 6.28. The Kier molecular flexibility index (Phi) is 4.82. The first-order valence-corrected chi connectivity index (χ1v) is 11.2. The van der Waals surface area contributed by atoms with E-state index in [1.54, 1.807) is 5.57 Å². The lowest BCUT2D eigenvalue weighted by molar-refractivity contribution is 0.247. The summed E-state index contributed by atoms with van der Waals surface area (Å²) in [6.45, 7) is 12.6. The van der Waals surface area contributed by atoms with Gasteiger partial charge in [0.25, 0.3) is 0 Å². The molecule has 2 heterocycles. The molecule has 20 heavy (non-hydrogen) atoms. The van der Waals surface area contributed by atoms with E-state index in [9.17, 15) is 0 Å². The predicted molar refractivity (Wildman–Crippen MR) is 89.7 cm³/mol. The van der Waals surface area contributed by atoms with Crippen LogP contribution in [0.2, 0.25) is 18.1 Å². The van der Waals surface area contributed by atoms with Crippen LogP contribution in [0, 0.1) is 0 Å². The van der Waals surface area contributed by atoms with E-state index in [1.165, 1.54) is 32.1 Å². The molecule has 0 radical (unpaired) electrons. The van der Waals surface area contributed by atoms with Crippen LogP contribution in [-0.2, 0) is 4.43 Å². The molecule has 2 rings (SSSR count). The van der Waals surface area contributed by atoms with E-state index in [0.717, 1.165) is 18.7 Å².